The molecule has 0 aliphatic rings. The lowest BCUT2D eigenvalue weighted by Gasteiger charge is -2.11. The van der Waals surface area contributed by atoms with Gasteiger partial charge in [-0.15, -0.1) is 0 Å². The summed E-state index contributed by atoms with van der Waals surface area (Å²) in [4.78, 5) is 11.6. The first-order valence-corrected chi connectivity index (χ1v) is 6.99. The number of hydrogen-bond acceptors (Lipinski definition) is 3. The van der Waals surface area contributed by atoms with Crippen LogP contribution in [0.2, 0.25) is 0 Å². The molecule has 2 aromatic rings. The van der Waals surface area contributed by atoms with Crippen molar-refractivity contribution >= 4 is 11.6 Å². The number of hydrogen-bond donors (Lipinski definition) is 2. The standard InChI is InChI=1S/C17H20N2O2/c1-13(2)19-17(20)12-18-14-7-6-10-16(11-14)21-15-8-4-3-5-9-15/h3-11,13,18H,12H2,1-2H3,(H,19,20). The van der Waals surface area contributed by atoms with Crippen LogP contribution in [0.25, 0.3) is 0 Å². The summed E-state index contributed by atoms with van der Waals surface area (Å²) in [5, 5.41) is 5.92. The van der Waals surface area contributed by atoms with E-state index in [9.17, 15) is 4.79 Å². The van der Waals surface area contributed by atoms with Gasteiger partial charge < -0.3 is 15.4 Å². The maximum atomic E-state index is 11.6. The van der Waals surface area contributed by atoms with Gasteiger partial charge >= 0.3 is 0 Å². The Bertz CT molecular complexity index is 582. The molecule has 2 N–H and O–H groups in total. The first kappa shape index (κ1) is 14.9. The number of carbonyl (C=O) groups is 1. The highest BCUT2D eigenvalue weighted by atomic mass is 16.5. The molecule has 0 fully saturated rings. The minimum absolute atomic E-state index is 0.0284. The van der Waals surface area contributed by atoms with Crippen LogP contribution in [0.1, 0.15) is 13.8 Å². The summed E-state index contributed by atoms with van der Waals surface area (Å²) in [7, 11) is 0. The minimum Gasteiger partial charge on any atom is -0.457 e. The SMILES string of the molecule is CC(C)NC(=O)CNc1cccc(Oc2ccccc2)c1. The number of rotatable bonds is 6. The molecule has 0 radical (unpaired) electrons. The van der Waals surface area contributed by atoms with E-state index < -0.39 is 0 Å². The number of anilines is 1. The molecule has 0 aliphatic carbocycles. The Balaban J connectivity index is 1.93. The van der Waals surface area contributed by atoms with E-state index in [0.717, 1.165) is 17.2 Å². The van der Waals surface area contributed by atoms with Crippen LogP contribution in [0.3, 0.4) is 0 Å². The van der Waals surface area contributed by atoms with Crippen LogP contribution in [0.15, 0.2) is 54.6 Å². The topological polar surface area (TPSA) is 50.4 Å². The van der Waals surface area contributed by atoms with E-state index in [-0.39, 0.29) is 18.5 Å². The van der Waals surface area contributed by atoms with Gasteiger partial charge in [0.05, 0.1) is 6.54 Å². The van der Waals surface area contributed by atoms with E-state index in [1.54, 1.807) is 0 Å². The molecular weight excluding hydrogens is 264 g/mol. The second-order valence-corrected chi connectivity index (χ2v) is 5.02. The average Bonchev–Trinajstić information content (AvgIpc) is 2.46. The summed E-state index contributed by atoms with van der Waals surface area (Å²) in [5.41, 5.74) is 0.849. The van der Waals surface area contributed by atoms with Crippen LogP contribution in [0.5, 0.6) is 11.5 Å². The van der Waals surface area contributed by atoms with Crippen LogP contribution < -0.4 is 15.4 Å². The third-order valence-electron chi connectivity index (χ3n) is 2.72. The van der Waals surface area contributed by atoms with Crippen molar-refractivity contribution < 1.29 is 9.53 Å². The average molecular weight is 284 g/mol. The lowest BCUT2D eigenvalue weighted by Crippen LogP contribution is -2.34. The maximum Gasteiger partial charge on any atom is 0.239 e. The molecule has 4 heteroatoms. The molecule has 0 spiro atoms. The predicted molar refractivity (Wildman–Crippen MR) is 84.7 cm³/mol. The first-order chi connectivity index (χ1) is 10.1. The fraction of sp³-hybridized carbons (Fsp3) is 0.235. The van der Waals surface area contributed by atoms with E-state index in [0.29, 0.717) is 0 Å². The molecule has 0 bridgehead atoms. The van der Waals surface area contributed by atoms with Crippen molar-refractivity contribution in [3.8, 4) is 11.5 Å². The van der Waals surface area contributed by atoms with Crippen molar-refractivity contribution in [2.24, 2.45) is 0 Å². The quantitative estimate of drug-likeness (QED) is 0.854. The summed E-state index contributed by atoms with van der Waals surface area (Å²) < 4.78 is 5.75. The molecule has 110 valence electrons. The molecule has 0 unspecified atom stereocenters. The van der Waals surface area contributed by atoms with Gasteiger partial charge in [-0.2, -0.15) is 0 Å². The molecule has 0 atom stereocenters. The Morgan fingerprint density at radius 2 is 1.76 bits per heavy atom. The fourth-order valence-electron chi connectivity index (χ4n) is 1.85. The first-order valence-electron chi connectivity index (χ1n) is 6.99. The highest BCUT2D eigenvalue weighted by molar-refractivity contribution is 5.80. The summed E-state index contributed by atoms with van der Waals surface area (Å²) in [6.07, 6.45) is 0. The molecule has 21 heavy (non-hydrogen) atoms. The molecule has 2 aromatic carbocycles. The lowest BCUT2D eigenvalue weighted by molar-refractivity contribution is -0.119. The van der Waals surface area contributed by atoms with E-state index in [1.165, 1.54) is 0 Å². The second kappa shape index (κ2) is 7.33. The van der Waals surface area contributed by atoms with Crippen molar-refractivity contribution in [3.05, 3.63) is 54.6 Å². The third-order valence-corrected chi connectivity index (χ3v) is 2.72. The van der Waals surface area contributed by atoms with Crippen molar-refractivity contribution in [1.29, 1.82) is 0 Å². The zero-order chi connectivity index (χ0) is 15.1. The zero-order valence-electron chi connectivity index (χ0n) is 12.3. The van der Waals surface area contributed by atoms with Crippen LogP contribution in [0, 0.1) is 0 Å². The monoisotopic (exact) mass is 284 g/mol. The molecule has 2 rings (SSSR count). The predicted octanol–water partition coefficient (Wildman–Crippen LogP) is 3.42. The molecular formula is C17H20N2O2. The highest BCUT2D eigenvalue weighted by Gasteiger charge is 2.03. The summed E-state index contributed by atoms with van der Waals surface area (Å²) in [5.74, 6) is 1.49. The fourth-order valence-corrected chi connectivity index (χ4v) is 1.85. The van der Waals surface area contributed by atoms with Crippen molar-refractivity contribution in [3.63, 3.8) is 0 Å². The Labute approximate surface area is 125 Å². The Morgan fingerprint density at radius 3 is 2.48 bits per heavy atom. The summed E-state index contributed by atoms with van der Waals surface area (Å²) in [6, 6.07) is 17.3. The summed E-state index contributed by atoms with van der Waals surface area (Å²) >= 11 is 0. The van der Waals surface area contributed by atoms with Crippen LogP contribution in [-0.4, -0.2) is 18.5 Å². The molecule has 0 aliphatic heterocycles. The van der Waals surface area contributed by atoms with Gasteiger partial charge in [0.2, 0.25) is 5.91 Å². The number of carbonyl (C=O) groups excluding carboxylic acids is 1. The maximum absolute atomic E-state index is 11.6. The number of nitrogens with one attached hydrogen (secondary N) is 2. The molecule has 0 saturated heterocycles. The van der Waals surface area contributed by atoms with Crippen LogP contribution in [-0.2, 0) is 4.79 Å². The number of ether oxygens (including phenoxy) is 1. The van der Waals surface area contributed by atoms with Gasteiger partial charge in [0.1, 0.15) is 11.5 Å². The third kappa shape index (κ3) is 5.18. The smallest absolute Gasteiger partial charge is 0.239 e. The van der Waals surface area contributed by atoms with Crippen molar-refractivity contribution in [1.82, 2.24) is 5.32 Å². The number of para-hydroxylation sites is 1. The van der Waals surface area contributed by atoms with Gasteiger partial charge in [0.25, 0.3) is 0 Å². The Hall–Kier alpha value is -2.49. The van der Waals surface area contributed by atoms with Crippen LogP contribution >= 0.6 is 0 Å². The highest BCUT2D eigenvalue weighted by Crippen LogP contribution is 2.23. The molecule has 1 amide bonds. The van der Waals surface area contributed by atoms with Crippen LogP contribution in [0.4, 0.5) is 5.69 Å². The zero-order valence-corrected chi connectivity index (χ0v) is 12.3. The number of amides is 1. The lowest BCUT2D eigenvalue weighted by atomic mass is 10.3. The van der Waals surface area contributed by atoms with Crippen molar-refractivity contribution in [2.75, 3.05) is 11.9 Å². The Kier molecular flexibility index (Phi) is 5.21. The van der Waals surface area contributed by atoms with E-state index >= 15 is 0 Å². The van der Waals surface area contributed by atoms with E-state index in [1.807, 2.05) is 68.4 Å². The molecule has 0 aromatic heterocycles. The largest absolute Gasteiger partial charge is 0.457 e. The van der Waals surface area contributed by atoms with Gasteiger partial charge in [-0.05, 0) is 38.1 Å². The summed E-state index contributed by atoms with van der Waals surface area (Å²) in [6.45, 7) is 4.12. The van der Waals surface area contributed by atoms with Gasteiger partial charge in [-0.25, -0.2) is 0 Å². The van der Waals surface area contributed by atoms with E-state index in [2.05, 4.69) is 10.6 Å². The molecule has 4 nitrogen and oxygen atoms in total. The molecule has 0 saturated carbocycles. The van der Waals surface area contributed by atoms with Gasteiger partial charge in [0, 0.05) is 17.8 Å². The minimum atomic E-state index is -0.0284. The Morgan fingerprint density at radius 1 is 1.05 bits per heavy atom. The number of benzene rings is 2. The van der Waals surface area contributed by atoms with Gasteiger partial charge in [-0.1, -0.05) is 24.3 Å². The second-order valence-electron chi connectivity index (χ2n) is 5.02. The van der Waals surface area contributed by atoms with Gasteiger partial charge in [0.15, 0.2) is 0 Å². The van der Waals surface area contributed by atoms with Crippen molar-refractivity contribution in [2.45, 2.75) is 19.9 Å². The molecule has 0 heterocycles. The van der Waals surface area contributed by atoms with E-state index in [4.69, 9.17) is 4.74 Å². The van der Waals surface area contributed by atoms with Gasteiger partial charge in [-0.3, -0.25) is 4.79 Å². The normalized spacial score (nSPS) is 10.2.